The molecule has 0 fully saturated rings. The fourth-order valence-electron chi connectivity index (χ4n) is 1.54. The first-order valence-corrected chi connectivity index (χ1v) is 6.46. The van der Waals surface area contributed by atoms with E-state index in [1.54, 1.807) is 0 Å². The Labute approximate surface area is 114 Å². The number of hydrogen-bond donors (Lipinski definition) is 3. The maximum atomic E-state index is 8.53. The highest BCUT2D eigenvalue weighted by molar-refractivity contribution is 5.92. The maximum absolute atomic E-state index is 8.53. The van der Waals surface area contributed by atoms with Gasteiger partial charge in [0.15, 0.2) is 5.96 Å². The quantitative estimate of drug-likeness (QED) is 0.396. The minimum Gasteiger partial charge on any atom is -0.394 e. The molecule has 0 spiro atoms. The van der Waals surface area contributed by atoms with Crippen molar-refractivity contribution in [3.8, 4) is 0 Å². The van der Waals surface area contributed by atoms with Gasteiger partial charge in [-0.15, -0.1) is 0 Å². The molecule has 0 aliphatic heterocycles. The largest absolute Gasteiger partial charge is 0.394 e. The van der Waals surface area contributed by atoms with E-state index in [1.165, 1.54) is 11.1 Å². The van der Waals surface area contributed by atoms with Crippen LogP contribution >= 0.6 is 0 Å². The number of guanidine groups is 1. The van der Waals surface area contributed by atoms with E-state index in [2.05, 4.69) is 24.2 Å². The van der Waals surface area contributed by atoms with Gasteiger partial charge in [0.2, 0.25) is 0 Å². The monoisotopic (exact) mass is 265 g/mol. The number of nitrogens with zero attached hydrogens (tertiary/aromatic N) is 1. The average Bonchev–Trinajstić information content (AvgIpc) is 2.38. The molecule has 106 valence electrons. The van der Waals surface area contributed by atoms with Crippen molar-refractivity contribution in [2.45, 2.75) is 20.3 Å². The smallest absolute Gasteiger partial charge is 0.193 e. The molecular weight excluding hydrogens is 242 g/mol. The Kier molecular flexibility index (Phi) is 6.92. The summed E-state index contributed by atoms with van der Waals surface area (Å²) in [4.78, 5) is 4.21. The molecule has 4 N–H and O–H groups in total. The minimum absolute atomic E-state index is 0.0553. The van der Waals surface area contributed by atoms with Crippen LogP contribution < -0.4 is 11.1 Å². The molecule has 0 atom stereocenters. The zero-order valence-electron chi connectivity index (χ0n) is 11.6. The molecule has 5 heteroatoms. The van der Waals surface area contributed by atoms with E-state index in [4.69, 9.17) is 15.6 Å². The summed E-state index contributed by atoms with van der Waals surface area (Å²) < 4.78 is 5.13. The van der Waals surface area contributed by atoms with E-state index in [0.717, 1.165) is 12.1 Å². The van der Waals surface area contributed by atoms with E-state index in [9.17, 15) is 0 Å². The molecule has 0 heterocycles. The normalized spacial score (nSPS) is 11.6. The van der Waals surface area contributed by atoms with Crippen LogP contribution in [0.5, 0.6) is 0 Å². The van der Waals surface area contributed by atoms with E-state index in [0.29, 0.717) is 25.7 Å². The van der Waals surface area contributed by atoms with Crippen LogP contribution in [-0.2, 0) is 4.74 Å². The third-order valence-electron chi connectivity index (χ3n) is 2.74. The maximum Gasteiger partial charge on any atom is 0.193 e. The van der Waals surface area contributed by atoms with Gasteiger partial charge in [0.05, 0.1) is 13.2 Å². The summed E-state index contributed by atoms with van der Waals surface area (Å²) in [5.41, 5.74) is 9.21. The van der Waals surface area contributed by atoms with E-state index in [-0.39, 0.29) is 6.61 Å². The van der Waals surface area contributed by atoms with Crippen molar-refractivity contribution >= 4 is 11.6 Å². The summed E-state index contributed by atoms with van der Waals surface area (Å²) in [6, 6.07) is 6.07. The Hall–Kier alpha value is -1.59. The average molecular weight is 265 g/mol. The third kappa shape index (κ3) is 6.22. The molecule has 0 aromatic heterocycles. The number of rotatable bonds is 7. The molecule has 19 heavy (non-hydrogen) atoms. The number of nitrogens with two attached hydrogens (primary N) is 1. The van der Waals surface area contributed by atoms with Gasteiger partial charge < -0.3 is 20.9 Å². The fourth-order valence-corrected chi connectivity index (χ4v) is 1.54. The molecule has 0 radical (unpaired) electrons. The number of anilines is 1. The number of aryl methyl sites for hydroxylation is 2. The highest BCUT2D eigenvalue weighted by Crippen LogP contribution is 2.13. The van der Waals surface area contributed by atoms with Crippen LogP contribution in [-0.4, -0.2) is 37.4 Å². The molecule has 0 aliphatic carbocycles. The highest BCUT2D eigenvalue weighted by atomic mass is 16.5. The van der Waals surface area contributed by atoms with Crippen LogP contribution in [0.15, 0.2) is 23.2 Å². The molecule has 1 aromatic rings. The highest BCUT2D eigenvalue weighted by Gasteiger charge is 1.97. The Balaban J connectivity index is 2.32. The molecule has 0 aliphatic rings. The van der Waals surface area contributed by atoms with Gasteiger partial charge in [-0.1, -0.05) is 6.07 Å². The number of aliphatic hydroxyl groups excluding tert-OH is 1. The van der Waals surface area contributed by atoms with Crippen molar-refractivity contribution in [2.75, 3.05) is 31.7 Å². The topological polar surface area (TPSA) is 79.9 Å². The van der Waals surface area contributed by atoms with Crippen molar-refractivity contribution in [1.29, 1.82) is 0 Å². The lowest BCUT2D eigenvalue weighted by Gasteiger charge is -2.08. The lowest BCUT2D eigenvalue weighted by Crippen LogP contribution is -2.23. The van der Waals surface area contributed by atoms with Gasteiger partial charge in [0.25, 0.3) is 0 Å². The Morgan fingerprint density at radius 1 is 1.32 bits per heavy atom. The van der Waals surface area contributed by atoms with Crippen molar-refractivity contribution < 1.29 is 9.84 Å². The molecule has 0 bridgehead atoms. The van der Waals surface area contributed by atoms with Crippen LogP contribution in [0.2, 0.25) is 0 Å². The van der Waals surface area contributed by atoms with Gasteiger partial charge in [-0.2, -0.15) is 0 Å². The van der Waals surface area contributed by atoms with Crippen LogP contribution in [0.1, 0.15) is 17.5 Å². The number of nitrogens with one attached hydrogen (secondary N) is 1. The summed E-state index contributed by atoms with van der Waals surface area (Å²) >= 11 is 0. The van der Waals surface area contributed by atoms with Crippen molar-refractivity contribution in [3.05, 3.63) is 29.3 Å². The zero-order chi connectivity index (χ0) is 14.1. The minimum atomic E-state index is 0.0553. The number of hydrogen-bond acceptors (Lipinski definition) is 3. The van der Waals surface area contributed by atoms with Crippen molar-refractivity contribution in [2.24, 2.45) is 10.7 Å². The van der Waals surface area contributed by atoms with Gasteiger partial charge in [-0.3, -0.25) is 4.99 Å². The van der Waals surface area contributed by atoms with Gasteiger partial charge in [-0.25, -0.2) is 0 Å². The fraction of sp³-hybridized carbons (Fsp3) is 0.500. The van der Waals surface area contributed by atoms with E-state index in [1.807, 2.05) is 18.2 Å². The number of ether oxygens (including phenoxy) is 1. The van der Waals surface area contributed by atoms with Crippen molar-refractivity contribution in [1.82, 2.24) is 0 Å². The first kappa shape index (κ1) is 15.5. The zero-order valence-corrected chi connectivity index (χ0v) is 11.6. The predicted molar refractivity (Wildman–Crippen MR) is 78.5 cm³/mol. The summed E-state index contributed by atoms with van der Waals surface area (Å²) in [7, 11) is 0. The van der Waals surface area contributed by atoms with Gasteiger partial charge >= 0.3 is 0 Å². The van der Waals surface area contributed by atoms with Crippen LogP contribution in [0.3, 0.4) is 0 Å². The SMILES string of the molecule is Cc1ccc(NC(N)=NCCCOCCO)cc1C. The lowest BCUT2D eigenvalue weighted by atomic mass is 10.1. The molecule has 1 rings (SSSR count). The van der Waals surface area contributed by atoms with Crippen molar-refractivity contribution in [3.63, 3.8) is 0 Å². The standard InChI is InChI=1S/C14H23N3O2/c1-11-4-5-13(10-12(11)2)17-14(15)16-6-3-8-19-9-7-18/h4-5,10,18H,3,6-9H2,1-2H3,(H3,15,16,17). The second-order valence-electron chi connectivity index (χ2n) is 4.38. The van der Waals surface area contributed by atoms with Crippen LogP contribution in [0, 0.1) is 13.8 Å². The van der Waals surface area contributed by atoms with E-state index < -0.39 is 0 Å². The lowest BCUT2D eigenvalue weighted by molar-refractivity contribution is 0.0918. The second-order valence-corrected chi connectivity index (χ2v) is 4.38. The summed E-state index contributed by atoms with van der Waals surface area (Å²) in [6.45, 7) is 5.76. The first-order chi connectivity index (χ1) is 9.13. The summed E-state index contributed by atoms with van der Waals surface area (Å²) in [6.07, 6.45) is 0.787. The Morgan fingerprint density at radius 3 is 2.79 bits per heavy atom. The number of benzene rings is 1. The van der Waals surface area contributed by atoms with E-state index >= 15 is 0 Å². The van der Waals surface area contributed by atoms with Gasteiger partial charge in [0, 0.05) is 18.8 Å². The Bertz CT molecular complexity index is 419. The van der Waals surface area contributed by atoms with Gasteiger partial charge in [0.1, 0.15) is 0 Å². The molecule has 5 nitrogen and oxygen atoms in total. The molecular formula is C14H23N3O2. The number of aliphatic imine (C=N–C) groups is 1. The number of aliphatic hydroxyl groups is 1. The molecule has 0 saturated heterocycles. The molecule has 0 unspecified atom stereocenters. The first-order valence-electron chi connectivity index (χ1n) is 6.46. The van der Waals surface area contributed by atoms with Crippen LogP contribution in [0.4, 0.5) is 5.69 Å². The van der Waals surface area contributed by atoms with Crippen LogP contribution in [0.25, 0.3) is 0 Å². The molecule has 0 saturated carbocycles. The molecule has 0 amide bonds. The summed E-state index contributed by atoms with van der Waals surface area (Å²) in [5.74, 6) is 0.408. The predicted octanol–water partition coefficient (Wildman–Crippen LogP) is 1.43. The second kappa shape index (κ2) is 8.50. The summed E-state index contributed by atoms with van der Waals surface area (Å²) in [5, 5.41) is 11.6. The third-order valence-corrected chi connectivity index (χ3v) is 2.74. The van der Waals surface area contributed by atoms with Gasteiger partial charge in [-0.05, 0) is 43.5 Å². The molecule has 1 aromatic carbocycles. The Morgan fingerprint density at radius 2 is 2.11 bits per heavy atom.